The van der Waals surface area contributed by atoms with Crippen molar-refractivity contribution in [1.82, 2.24) is 4.90 Å². The normalized spacial score (nSPS) is 17.2. The van der Waals surface area contributed by atoms with Crippen molar-refractivity contribution in [3.8, 4) is 0 Å². The van der Waals surface area contributed by atoms with Crippen LogP contribution in [0.3, 0.4) is 0 Å². The van der Waals surface area contributed by atoms with Crippen molar-refractivity contribution in [1.29, 1.82) is 0 Å². The summed E-state index contributed by atoms with van der Waals surface area (Å²) in [5, 5.41) is 0. The molecule has 0 aliphatic carbocycles. The Bertz CT molecular complexity index is 642. The molecule has 1 aliphatic heterocycles. The zero-order valence-corrected chi connectivity index (χ0v) is 14.8. The zero-order chi connectivity index (χ0) is 17.0. The Kier molecular flexibility index (Phi) is 6.02. The van der Waals surface area contributed by atoms with Gasteiger partial charge in [-0.25, -0.2) is 9.18 Å². The second-order valence-electron chi connectivity index (χ2n) is 6.07. The van der Waals surface area contributed by atoms with E-state index in [1.165, 1.54) is 6.08 Å². The summed E-state index contributed by atoms with van der Waals surface area (Å²) in [6.07, 6.45) is 1.36. The van der Waals surface area contributed by atoms with Gasteiger partial charge in [-0.1, -0.05) is 24.8 Å². The third kappa shape index (κ3) is 4.23. The number of nitrogens with zero attached hydrogens (tertiary/aromatic N) is 2. The van der Waals surface area contributed by atoms with Crippen molar-refractivity contribution in [2.24, 2.45) is 0 Å². The predicted octanol–water partition coefficient (Wildman–Crippen LogP) is 2.31. The minimum absolute atomic E-state index is 0.0422. The molecule has 0 unspecified atom stereocenters. The highest BCUT2D eigenvalue weighted by Gasteiger charge is 2.27. The SMILES string of the molecule is C=CC(=O)[N+]1=C(C)CN(C[C@@H](C[Si])c2ccc(C)c(F)c2)CC1. The Balaban J connectivity index is 2.09. The summed E-state index contributed by atoms with van der Waals surface area (Å²) in [6, 6.07) is 6.23. The van der Waals surface area contributed by atoms with Crippen LogP contribution >= 0.6 is 0 Å². The molecule has 0 N–H and O–H groups in total. The van der Waals surface area contributed by atoms with Gasteiger partial charge in [0.25, 0.3) is 0 Å². The van der Waals surface area contributed by atoms with Gasteiger partial charge in [-0.15, -0.1) is 0 Å². The van der Waals surface area contributed by atoms with E-state index >= 15 is 0 Å². The van der Waals surface area contributed by atoms with E-state index < -0.39 is 0 Å². The maximum atomic E-state index is 13.8. The summed E-state index contributed by atoms with van der Waals surface area (Å²) in [6.45, 7) is 10.4. The summed E-state index contributed by atoms with van der Waals surface area (Å²) >= 11 is 0. The predicted molar refractivity (Wildman–Crippen MR) is 91.9 cm³/mol. The molecule has 3 radical (unpaired) electrons. The van der Waals surface area contributed by atoms with E-state index in [1.807, 2.05) is 19.1 Å². The molecule has 1 heterocycles. The second kappa shape index (κ2) is 7.79. The van der Waals surface area contributed by atoms with Gasteiger partial charge in [0.2, 0.25) is 0 Å². The van der Waals surface area contributed by atoms with Crippen LogP contribution < -0.4 is 0 Å². The van der Waals surface area contributed by atoms with Crippen LogP contribution in [-0.4, -0.2) is 57.5 Å². The minimum atomic E-state index is -0.156. The summed E-state index contributed by atoms with van der Waals surface area (Å²) in [5.74, 6) is 0.0207. The molecule has 0 spiro atoms. The second-order valence-corrected chi connectivity index (χ2v) is 6.48. The standard InChI is InChI=1S/C18H23FN2OSi/c1-4-18(22)21-8-7-20(10-14(21)3)11-16(12-23)15-6-5-13(2)17(19)9-15/h4-6,9,16H,1,7-8,10-12H2,2-3H3/q+1/t16-/m0/s1. The Morgan fingerprint density at radius 3 is 2.83 bits per heavy atom. The average molecular weight is 330 g/mol. The number of hydrogen-bond donors (Lipinski definition) is 0. The first-order valence-corrected chi connectivity index (χ1v) is 8.56. The Labute approximate surface area is 140 Å². The lowest BCUT2D eigenvalue weighted by Gasteiger charge is -2.28. The van der Waals surface area contributed by atoms with Crippen LogP contribution in [0.25, 0.3) is 0 Å². The number of benzene rings is 1. The van der Waals surface area contributed by atoms with E-state index in [-0.39, 0.29) is 17.6 Å². The van der Waals surface area contributed by atoms with E-state index in [9.17, 15) is 9.18 Å². The van der Waals surface area contributed by atoms with E-state index in [1.54, 1.807) is 17.6 Å². The summed E-state index contributed by atoms with van der Waals surface area (Å²) in [4.78, 5) is 14.1. The van der Waals surface area contributed by atoms with Gasteiger partial charge in [-0.2, -0.15) is 4.58 Å². The van der Waals surface area contributed by atoms with Crippen LogP contribution in [0.15, 0.2) is 30.9 Å². The molecule has 0 aromatic heterocycles. The number of carbonyl (C=O) groups excluding carboxylic acids is 1. The fourth-order valence-corrected chi connectivity index (χ4v) is 3.31. The molecular weight excluding hydrogens is 307 g/mol. The van der Waals surface area contributed by atoms with Crippen molar-refractivity contribution >= 4 is 21.9 Å². The first kappa shape index (κ1) is 17.8. The number of aryl methyl sites for hydroxylation is 1. The summed E-state index contributed by atoms with van der Waals surface area (Å²) < 4.78 is 15.6. The maximum absolute atomic E-state index is 13.8. The number of rotatable bonds is 5. The first-order chi connectivity index (χ1) is 11.0. The lowest BCUT2D eigenvalue weighted by atomic mass is 9.98. The zero-order valence-electron chi connectivity index (χ0n) is 13.8. The van der Waals surface area contributed by atoms with Crippen molar-refractivity contribution in [2.45, 2.75) is 25.8 Å². The fourth-order valence-electron chi connectivity index (χ4n) is 2.95. The van der Waals surface area contributed by atoms with Crippen molar-refractivity contribution in [3.63, 3.8) is 0 Å². The number of halogens is 1. The van der Waals surface area contributed by atoms with Crippen molar-refractivity contribution in [2.75, 3.05) is 26.2 Å². The summed E-state index contributed by atoms with van der Waals surface area (Å²) in [5.41, 5.74) is 2.71. The smallest absolute Gasteiger partial charge is 0.287 e. The van der Waals surface area contributed by atoms with E-state index in [0.29, 0.717) is 12.1 Å². The lowest BCUT2D eigenvalue weighted by molar-refractivity contribution is -0.451. The van der Waals surface area contributed by atoms with Crippen LogP contribution in [0.4, 0.5) is 4.39 Å². The number of amides is 1. The molecule has 3 nitrogen and oxygen atoms in total. The molecule has 121 valence electrons. The molecule has 23 heavy (non-hydrogen) atoms. The van der Waals surface area contributed by atoms with Crippen LogP contribution in [0, 0.1) is 12.7 Å². The molecule has 5 heteroatoms. The van der Waals surface area contributed by atoms with Crippen LogP contribution in [0.1, 0.15) is 24.0 Å². The molecule has 2 rings (SSSR count). The molecule has 1 aromatic rings. The lowest BCUT2D eigenvalue weighted by Crippen LogP contribution is -2.46. The highest BCUT2D eigenvalue weighted by Crippen LogP contribution is 2.23. The molecule has 1 amide bonds. The van der Waals surface area contributed by atoms with Crippen LogP contribution in [-0.2, 0) is 4.79 Å². The van der Waals surface area contributed by atoms with Gasteiger partial charge in [-0.05, 0) is 30.0 Å². The largest absolute Gasteiger partial charge is 0.411 e. The minimum Gasteiger partial charge on any atom is -0.287 e. The molecule has 0 saturated carbocycles. The van der Waals surface area contributed by atoms with E-state index in [4.69, 9.17) is 0 Å². The molecule has 1 aliphatic rings. The van der Waals surface area contributed by atoms with Crippen LogP contribution in [0.2, 0.25) is 6.04 Å². The highest BCUT2D eigenvalue weighted by atomic mass is 28.1. The number of hydrogen-bond acceptors (Lipinski definition) is 2. The van der Waals surface area contributed by atoms with Gasteiger partial charge in [0, 0.05) is 29.8 Å². The third-order valence-electron chi connectivity index (χ3n) is 4.39. The molecule has 0 saturated heterocycles. The Morgan fingerprint density at radius 1 is 1.52 bits per heavy atom. The monoisotopic (exact) mass is 330 g/mol. The first-order valence-electron chi connectivity index (χ1n) is 7.85. The molecule has 0 fully saturated rings. The average Bonchev–Trinajstić information content (AvgIpc) is 2.54. The molecular formula is C18H23FN2OSi+. The van der Waals surface area contributed by atoms with Gasteiger partial charge in [0.1, 0.15) is 5.82 Å². The highest BCUT2D eigenvalue weighted by molar-refractivity contribution is 6.09. The summed E-state index contributed by atoms with van der Waals surface area (Å²) in [7, 11) is 3.60. The quantitative estimate of drug-likeness (QED) is 0.470. The third-order valence-corrected chi connectivity index (χ3v) is 4.88. The molecule has 0 bridgehead atoms. The molecule has 1 aromatic carbocycles. The number of carbonyl (C=O) groups is 1. The fraction of sp³-hybridized carbons (Fsp3) is 0.444. The van der Waals surface area contributed by atoms with Crippen molar-refractivity contribution < 1.29 is 13.8 Å². The van der Waals surface area contributed by atoms with Gasteiger partial charge in [-0.3, -0.25) is 4.90 Å². The van der Waals surface area contributed by atoms with Crippen molar-refractivity contribution in [3.05, 3.63) is 47.8 Å². The van der Waals surface area contributed by atoms with Gasteiger partial charge in [0.05, 0.1) is 13.1 Å². The van der Waals surface area contributed by atoms with Crippen LogP contribution in [0.5, 0.6) is 0 Å². The van der Waals surface area contributed by atoms with E-state index in [0.717, 1.165) is 37.0 Å². The van der Waals surface area contributed by atoms with Gasteiger partial charge < -0.3 is 0 Å². The van der Waals surface area contributed by atoms with E-state index in [2.05, 4.69) is 21.7 Å². The van der Waals surface area contributed by atoms with Gasteiger partial charge in [0.15, 0.2) is 12.3 Å². The Hall–Kier alpha value is -1.59. The maximum Gasteiger partial charge on any atom is 0.411 e. The Morgan fingerprint density at radius 2 is 2.26 bits per heavy atom. The van der Waals surface area contributed by atoms with Gasteiger partial charge >= 0.3 is 5.91 Å². The molecule has 1 atom stereocenters. The topological polar surface area (TPSA) is 23.3 Å².